The minimum atomic E-state index is 0.668. The maximum atomic E-state index is 5.56. The van der Waals surface area contributed by atoms with Gasteiger partial charge in [-0.15, -0.1) is 11.6 Å². The van der Waals surface area contributed by atoms with Gasteiger partial charge in [-0.1, -0.05) is 23.8 Å². The normalized spacial score (nSPS) is 18.4. The van der Waals surface area contributed by atoms with Gasteiger partial charge in [0.1, 0.15) is 0 Å². The third kappa shape index (κ3) is 1.38. The van der Waals surface area contributed by atoms with Crippen LogP contribution >= 0.6 is 11.6 Å². The van der Waals surface area contributed by atoms with Crippen molar-refractivity contribution in [1.82, 2.24) is 0 Å². The number of allylic oxidation sites excluding steroid dienone is 4. The van der Waals surface area contributed by atoms with Crippen molar-refractivity contribution in [2.45, 2.75) is 6.42 Å². The molecule has 0 atom stereocenters. The molecule has 8 heavy (non-hydrogen) atoms. The van der Waals surface area contributed by atoms with E-state index in [2.05, 4.69) is 12.5 Å². The Kier molecular flexibility index (Phi) is 2.16. The third-order valence-corrected chi connectivity index (χ3v) is 1.47. The average molecular weight is 128 g/mol. The summed E-state index contributed by atoms with van der Waals surface area (Å²) in [6, 6.07) is 0. The van der Waals surface area contributed by atoms with Crippen LogP contribution in [-0.2, 0) is 0 Å². The van der Waals surface area contributed by atoms with Gasteiger partial charge in [0.15, 0.2) is 0 Å². The standard InChI is InChI=1S/C7H8Cl/c8-6-7-4-2-1-3-5-7/h1-4H,5-6H2. The van der Waals surface area contributed by atoms with Crippen molar-refractivity contribution in [3.8, 4) is 0 Å². The molecular weight excluding hydrogens is 120 g/mol. The molecule has 0 fully saturated rings. The highest BCUT2D eigenvalue weighted by Crippen LogP contribution is 2.11. The Hall–Kier alpha value is -0.230. The molecular formula is C7H8Cl. The number of alkyl halides is 1. The monoisotopic (exact) mass is 127 g/mol. The molecule has 0 nitrogen and oxygen atoms in total. The van der Waals surface area contributed by atoms with Gasteiger partial charge < -0.3 is 0 Å². The molecule has 1 aliphatic rings. The average Bonchev–Trinajstić information content (AvgIpc) is 1.90. The zero-order valence-electron chi connectivity index (χ0n) is 4.60. The molecule has 0 aliphatic heterocycles. The molecule has 0 spiro atoms. The second kappa shape index (κ2) is 2.93. The van der Waals surface area contributed by atoms with Crippen LogP contribution in [0.4, 0.5) is 0 Å². The van der Waals surface area contributed by atoms with E-state index >= 15 is 0 Å². The van der Waals surface area contributed by atoms with Crippen molar-refractivity contribution >= 4 is 11.6 Å². The molecule has 0 saturated carbocycles. The van der Waals surface area contributed by atoms with Crippen LogP contribution in [0.15, 0.2) is 23.8 Å². The lowest BCUT2D eigenvalue weighted by Gasteiger charge is -2.01. The Morgan fingerprint density at radius 1 is 1.50 bits per heavy atom. The summed E-state index contributed by atoms with van der Waals surface area (Å²) in [6.07, 6.45) is 9.25. The fraction of sp³-hybridized carbons (Fsp3) is 0.286. The Morgan fingerprint density at radius 3 is 2.75 bits per heavy atom. The Bertz CT molecular complexity index is 122. The quantitative estimate of drug-likeness (QED) is 0.475. The summed E-state index contributed by atoms with van der Waals surface area (Å²) in [4.78, 5) is 0. The first kappa shape index (κ1) is 5.90. The lowest BCUT2D eigenvalue weighted by Crippen LogP contribution is -1.87. The molecule has 1 rings (SSSR count). The second-order valence-electron chi connectivity index (χ2n) is 1.78. The minimum absolute atomic E-state index is 0.668. The van der Waals surface area contributed by atoms with Crippen LogP contribution in [-0.4, -0.2) is 5.88 Å². The van der Waals surface area contributed by atoms with Crippen LogP contribution in [0.25, 0.3) is 0 Å². The first-order valence-corrected chi connectivity index (χ1v) is 3.21. The number of hydrogen-bond acceptors (Lipinski definition) is 0. The molecule has 1 radical (unpaired) electrons. The molecule has 0 aromatic carbocycles. The fourth-order valence-electron chi connectivity index (χ4n) is 0.657. The van der Waals surface area contributed by atoms with E-state index in [1.165, 1.54) is 5.57 Å². The van der Waals surface area contributed by atoms with Crippen molar-refractivity contribution in [3.05, 3.63) is 30.2 Å². The van der Waals surface area contributed by atoms with Crippen molar-refractivity contribution < 1.29 is 0 Å². The second-order valence-corrected chi connectivity index (χ2v) is 2.05. The highest BCUT2D eigenvalue weighted by molar-refractivity contribution is 6.19. The molecule has 0 saturated heterocycles. The predicted molar refractivity (Wildman–Crippen MR) is 36.9 cm³/mol. The van der Waals surface area contributed by atoms with Gasteiger partial charge in [-0.05, 0) is 12.8 Å². The molecule has 0 unspecified atom stereocenters. The molecule has 43 valence electrons. The van der Waals surface area contributed by atoms with Gasteiger partial charge >= 0.3 is 0 Å². The number of rotatable bonds is 1. The highest BCUT2D eigenvalue weighted by atomic mass is 35.5. The van der Waals surface area contributed by atoms with Crippen molar-refractivity contribution in [3.63, 3.8) is 0 Å². The first-order chi connectivity index (χ1) is 3.93. The van der Waals surface area contributed by atoms with Crippen molar-refractivity contribution in [2.75, 3.05) is 5.88 Å². The van der Waals surface area contributed by atoms with Gasteiger partial charge in [-0.25, -0.2) is 0 Å². The van der Waals surface area contributed by atoms with E-state index in [1.807, 2.05) is 12.2 Å². The van der Waals surface area contributed by atoms with Crippen LogP contribution < -0.4 is 0 Å². The van der Waals surface area contributed by atoms with Gasteiger partial charge in [0, 0.05) is 5.88 Å². The van der Waals surface area contributed by atoms with Crippen LogP contribution in [0.5, 0.6) is 0 Å². The summed E-state index contributed by atoms with van der Waals surface area (Å²) in [7, 11) is 0. The summed E-state index contributed by atoms with van der Waals surface area (Å²) in [6.45, 7) is 0. The van der Waals surface area contributed by atoms with Crippen LogP contribution in [0, 0.1) is 6.42 Å². The maximum absolute atomic E-state index is 5.56. The zero-order valence-corrected chi connectivity index (χ0v) is 5.36. The van der Waals surface area contributed by atoms with Crippen LogP contribution in [0.1, 0.15) is 6.42 Å². The summed E-state index contributed by atoms with van der Waals surface area (Å²) >= 11 is 5.56. The fourth-order valence-corrected chi connectivity index (χ4v) is 0.855. The van der Waals surface area contributed by atoms with Gasteiger partial charge in [-0.2, -0.15) is 0 Å². The smallest absolute Gasteiger partial charge is 0.0436 e. The molecule has 0 N–H and O–H groups in total. The molecule has 0 heterocycles. The van der Waals surface area contributed by atoms with E-state index in [0.29, 0.717) is 5.88 Å². The summed E-state index contributed by atoms with van der Waals surface area (Å²) < 4.78 is 0. The Morgan fingerprint density at radius 2 is 2.38 bits per heavy atom. The van der Waals surface area contributed by atoms with E-state index in [1.54, 1.807) is 0 Å². The van der Waals surface area contributed by atoms with E-state index in [9.17, 15) is 0 Å². The molecule has 0 aromatic heterocycles. The minimum Gasteiger partial charge on any atom is -0.122 e. The van der Waals surface area contributed by atoms with Crippen molar-refractivity contribution in [1.29, 1.82) is 0 Å². The van der Waals surface area contributed by atoms with E-state index in [0.717, 1.165) is 6.42 Å². The largest absolute Gasteiger partial charge is 0.122 e. The van der Waals surface area contributed by atoms with E-state index in [-0.39, 0.29) is 0 Å². The Balaban J connectivity index is 2.50. The highest BCUT2D eigenvalue weighted by Gasteiger charge is 1.95. The van der Waals surface area contributed by atoms with Gasteiger partial charge in [0.05, 0.1) is 0 Å². The molecule has 0 amide bonds. The predicted octanol–water partition coefficient (Wildman–Crippen LogP) is 2.32. The number of hydrogen-bond donors (Lipinski definition) is 0. The SMILES string of the molecule is ClCC1=CC=C[CH]C1. The molecule has 0 aromatic rings. The van der Waals surface area contributed by atoms with Gasteiger partial charge in [0.2, 0.25) is 0 Å². The number of halogens is 1. The molecule has 0 bridgehead atoms. The third-order valence-electron chi connectivity index (χ3n) is 1.13. The summed E-state index contributed by atoms with van der Waals surface area (Å²) in [5.74, 6) is 0.668. The summed E-state index contributed by atoms with van der Waals surface area (Å²) in [5.41, 5.74) is 1.30. The molecule has 1 aliphatic carbocycles. The Labute approximate surface area is 54.8 Å². The maximum Gasteiger partial charge on any atom is 0.0436 e. The lowest BCUT2D eigenvalue weighted by molar-refractivity contribution is 1.14. The topological polar surface area (TPSA) is 0 Å². The zero-order chi connectivity index (χ0) is 5.82. The van der Waals surface area contributed by atoms with E-state index < -0.39 is 0 Å². The lowest BCUT2D eigenvalue weighted by atomic mass is 10.1. The van der Waals surface area contributed by atoms with Crippen LogP contribution in [0.2, 0.25) is 0 Å². The van der Waals surface area contributed by atoms with Crippen LogP contribution in [0.3, 0.4) is 0 Å². The van der Waals surface area contributed by atoms with Gasteiger partial charge in [0.25, 0.3) is 0 Å². The van der Waals surface area contributed by atoms with E-state index in [4.69, 9.17) is 11.6 Å². The summed E-state index contributed by atoms with van der Waals surface area (Å²) in [5, 5.41) is 0. The molecule has 1 heteroatoms. The first-order valence-electron chi connectivity index (χ1n) is 2.67. The van der Waals surface area contributed by atoms with Gasteiger partial charge in [-0.3, -0.25) is 0 Å². The van der Waals surface area contributed by atoms with Crippen molar-refractivity contribution in [2.24, 2.45) is 0 Å².